The maximum atomic E-state index is 12.2. The van der Waals surface area contributed by atoms with Crippen LogP contribution in [0.4, 0.5) is 5.69 Å². The van der Waals surface area contributed by atoms with Crippen LogP contribution >= 0.6 is 0 Å². The van der Waals surface area contributed by atoms with Crippen LogP contribution in [-0.4, -0.2) is 20.1 Å². The van der Waals surface area contributed by atoms with Gasteiger partial charge in [0.15, 0.2) is 0 Å². The van der Waals surface area contributed by atoms with Crippen molar-refractivity contribution in [1.29, 1.82) is 0 Å². The molecule has 0 bridgehead atoms. The molecule has 0 heterocycles. The maximum Gasteiger partial charge on any atom is 0.255 e. The third-order valence-corrected chi connectivity index (χ3v) is 3.06. The molecule has 2 aromatic carbocycles. The largest absolute Gasteiger partial charge is 0.497 e. The number of nitrogens with one attached hydrogen (secondary N) is 1. The van der Waals surface area contributed by atoms with E-state index in [4.69, 9.17) is 15.2 Å². The Kier molecular flexibility index (Phi) is 4.66. The molecule has 21 heavy (non-hydrogen) atoms. The van der Waals surface area contributed by atoms with Gasteiger partial charge < -0.3 is 20.5 Å². The average Bonchev–Trinajstić information content (AvgIpc) is 2.52. The summed E-state index contributed by atoms with van der Waals surface area (Å²) in [5.74, 6) is 1.000. The number of rotatable bonds is 5. The lowest BCUT2D eigenvalue weighted by atomic mass is 10.1. The molecule has 0 radical (unpaired) electrons. The Morgan fingerprint density at radius 1 is 1.14 bits per heavy atom. The molecule has 0 saturated carbocycles. The smallest absolute Gasteiger partial charge is 0.255 e. The quantitative estimate of drug-likeness (QED) is 0.827. The van der Waals surface area contributed by atoms with Crippen LogP contribution in [0.5, 0.6) is 11.5 Å². The molecule has 0 unspecified atom stereocenters. The van der Waals surface area contributed by atoms with Crippen molar-refractivity contribution in [2.75, 3.05) is 20.0 Å². The monoisotopic (exact) mass is 286 g/mol. The number of carbonyl (C=O) groups excluding carboxylic acids is 1. The summed E-state index contributed by atoms with van der Waals surface area (Å²) in [5, 5.41) is 2.85. The molecule has 0 aromatic heterocycles. The normalized spacial score (nSPS) is 10.0. The van der Waals surface area contributed by atoms with Gasteiger partial charge in [-0.15, -0.1) is 0 Å². The lowest BCUT2D eigenvalue weighted by Gasteiger charge is -2.10. The molecule has 0 saturated heterocycles. The molecule has 110 valence electrons. The Morgan fingerprint density at radius 2 is 1.95 bits per heavy atom. The lowest BCUT2D eigenvalue weighted by Crippen LogP contribution is -2.23. The molecule has 2 rings (SSSR count). The SMILES string of the molecule is COc1cccc(CNC(=O)c2ccc(N)cc2OC)c1. The summed E-state index contributed by atoms with van der Waals surface area (Å²) >= 11 is 0. The molecule has 5 nitrogen and oxygen atoms in total. The van der Waals surface area contributed by atoms with Crippen molar-refractivity contribution >= 4 is 11.6 Å². The minimum absolute atomic E-state index is 0.213. The van der Waals surface area contributed by atoms with Crippen molar-refractivity contribution in [3.63, 3.8) is 0 Å². The maximum absolute atomic E-state index is 12.2. The highest BCUT2D eigenvalue weighted by molar-refractivity contribution is 5.97. The van der Waals surface area contributed by atoms with E-state index in [0.29, 0.717) is 23.5 Å². The van der Waals surface area contributed by atoms with Gasteiger partial charge in [-0.2, -0.15) is 0 Å². The molecular weight excluding hydrogens is 268 g/mol. The number of anilines is 1. The van der Waals surface area contributed by atoms with Crippen LogP contribution in [0.25, 0.3) is 0 Å². The second kappa shape index (κ2) is 6.65. The topological polar surface area (TPSA) is 73.6 Å². The van der Waals surface area contributed by atoms with Crippen molar-refractivity contribution in [2.45, 2.75) is 6.54 Å². The summed E-state index contributed by atoms with van der Waals surface area (Å²) in [7, 11) is 3.12. The zero-order valence-electron chi connectivity index (χ0n) is 12.1. The summed E-state index contributed by atoms with van der Waals surface area (Å²) in [6.45, 7) is 0.406. The number of hydrogen-bond acceptors (Lipinski definition) is 4. The fourth-order valence-electron chi connectivity index (χ4n) is 1.96. The first kappa shape index (κ1) is 14.7. The number of hydrogen-bond donors (Lipinski definition) is 2. The Morgan fingerprint density at radius 3 is 2.67 bits per heavy atom. The minimum atomic E-state index is -0.213. The van der Waals surface area contributed by atoms with E-state index in [2.05, 4.69) is 5.32 Å². The van der Waals surface area contributed by atoms with Gasteiger partial charge in [-0.05, 0) is 29.8 Å². The molecule has 5 heteroatoms. The number of amides is 1. The second-order valence-corrected chi connectivity index (χ2v) is 4.49. The minimum Gasteiger partial charge on any atom is -0.497 e. The van der Waals surface area contributed by atoms with Gasteiger partial charge in [-0.3, -0.25) is 4.79 Å². The fourth-order valence-corrected chi connectivity index (χ4v) is 1.96. The van der Waals surface area contributed by atoms with Crippen molar-refractivity contribution in [3.8, 4) is 11.5 Å². The van der Waals surface area contributed by atoms with Crippen molar-refractivity contribution < 1.29 is 14.3 Å². The molecule has 0 aliphatic carbocycles. The average molecular weight is 286 g/mol. The Hall–Kier alpha value is -2.69. The van der Waals surface area contributed by atoms with Crippen molar-refractivity contribution in [1.82, 2.24) is 5.32 Å². The van der Waals surface area contributed by atoms with Gasteiger partial charge in [-0.25, -0.2) is 0 Å². The van der Waals surface area contributed by atoms with E-state index in [1.807, 2.05) is 24.3 Å². The fraction of sp³-hybridized carbons (Fsp3) is 0.188. The van der Waals surface area contributed by atoms with Gasteiger partial charge in [-0.1, -0.05) is 12.1 Å². The predicted octanol–water partition coefficient (Wildman–Crippen LogP) is 2.22. The van der Waals surface area contributed by atoms with Gasteiger partial charge >= 0.3 is 0 Å². The van der Waals surface area contributed by atoms with E-state index in [-0.39, 0.29) is 5.91 Å². The Balaban J connectivity index is 2.08. The highest BCUT2D eigenvalue weighted by Crippen LogP contribution is 2.21. The molecule has 0 fully saturated rings. The van der Waals surface area contributed by atoms with Gasteiger partial charge in [0.2, 0.25) is 0 Å². The highest BCUT2D eigenvalue weighted by Gasteiger charge is 2.12. The standard InChI is InChI=1S/C16H18N2O3/c1-20-13-5-3-4-11(8-13)10-18-16(19)14-7-6-12(17)9-15(14)21-2/h3-9H,10,17H2,1-2H3,(H,18,19). The first-order valence-electron chi connectivity index (χ1n) is 6.48. The summed E-state index contributed by atoms with van der Waals surface area (Å²) in [5.41, 5.74) is 7.64. The zero-order valence-corrected chi connectivity index (χ0v) is 12.1. The van der Waals surface area contributed by atoms with Crippen LogP contribution in [0.2, 0.25) is 0 Å². The zero-order chi connectivity index (χ0) is 15.2. The summed E-state index contributed by atoms with van der Waals surface area (Å²) in [6, 6.07) is 12.5. The van der Waals surface area contributed by atoms with E-state index < -0.39 is 0 Å². The molecule has 3 N–H and O–H groups in total. The predicted molar refractivity (Wildman–Crippen MR) is 81.6 cm³/mol. The molecule has 0 atom stereocenters. The van der Waals surface area contributed by atoms with Gasteiger partial charge in [0.25, 0.3) is 5.91 Å². The van der Waals surface area contributed by atoms with Crippen LogP contribution in [0, 0.1) is 0 Å². The molecule has 0 spiro atoms. The number of ether oxygens (including phenoxy) is 2. The number of carbonyl (C=O) groups is 1. The van der Waals surface area contributed by atoms with E-state index in [1.54, 1.807) is 25.3 Å². The number of nitrogens with two attached hydrogens (primary N) is 1. The molecule has 1 amide bonds. The molecular formula is C16H18N2O3. The molecule has 0 aliphatic rings. The van der Waals surface area contributed by atoms with E-state index >= 15 is 0 Å². The van der Waals surface area contributed by atoms with Crippen molar-refractivity contribution in [2.24, 2.45) is 0 Å². The molecule has 0 aliphatic heterocycles. The van der Waals surface area contributed by atoms with Crippen LogP contribution in [0.1, 0.15) is 15.9 Å². The van der Waals surface area contributed by atoms with Gasteiger partial charge in [0, 0.05) is 18.3 Å². The van der Waals surface area contributed by atoms with Crippen LogP contribution in [-0.2, 0) is 6.54 Å². The molecule has 2 aromatic rings. The number of nitrogen functional groups attached to an aromatic ring is 1. The third-order valence-electron chi connectivity index (χ3n) is 3.06. The third kappa shape index (κ3) is 3.66. The van der Waals surface area contributed by atoms with E-state index in [9.17, 15) is 4.79 Å². The van der Waals surface area contributed by atoms with Crippen LogP contribution in [0.3, 0.4) is 0 Å². The summed E-state index contributed by atoms with van der Waals surface area (Å²) < 4.78 is 10.3. The van der Waals surface area contributed by atoms with Crippen LogP contribution in [0.15, 0.2) is 42.5 Å². The van der Waals surface area contributed by atoms with E-state index in [1.165, 1.54) is 7.11 Å². The second-order valence-electron chi connectivity index (χ2n) is 4.49. The number of benzene rings is 2. The van der Waals surface area contributed by atoms with Gasteiger partial charge in [0.05, 0.1) is 19.8 Å². The summed E-state index contributed by atoms with van der Waals surface area (Å²) in [4.78, 5) is 12.2. The van der Waals surface area contributed by atoms with Crippen LogP contribution < -0.4 is 20.5 Å². The summed E-state index contributed by atoms with van der Waals surface area (Å²) in [6.07, 6.45) is 0. The first-order valence-corrected chi connectivity index (χ1v) is 6.48. The lowest BCUT2D eigenvalue weighted by molar-refractivity contribution is 0.0948. The Labute approximate surface area is 123 Å². The van der Waals surface area contributed by atoms with E-state index in [0.717, 1.165) is 11.3 Å². The van der Waals surface area contributed by atoms with Gasteiger partial charge in [0.1, 0.15) is 11.5 Å². The number of methoxy groups -OCH3 is 2. The van der Waals surface area contributed by atoms with Crippen molar-refractivity contribution in [3.05, 3.63) is 53.6 Å². The first-order chi connectivity index (χ1) is 10.1. The Bertz CT molecular complexity index is 641. The highest BCUT2D eigenvalue weighted by atomic mass is 16.5.